The molecule has 0 saturated heterocycles. The second-order valence-electron chi connectivity index (χ2n) is 5.67. The Balaban J connectivity index is 1.82. The van der Waals surface area contributed by atoms with Gasteiger partial charge in [-0.3, -0.25) is 4.79 Å². The van der Waals surface area contributed by atoms with Crippen LogP contribution < -0.4 is 11.1 Å². The van der Waals surface area contributed by atoms with Gasteiger partial charge in [0.15, 0.2) is 0 Å². The van der Waals surface area contributed by atoms with Gasteiger partial charge >= 0.3 is 0 Å². The number of hydrogen-bond acceptors (Lipinski definition) is 3. The third kappa shape index (κ3) is 3.92. The molecule has 1 aromatic carbocycles. The number of aliphatic hydroxyl groups is 1. The van der Waals surface area contributed by atoms with Crippen LogP contribution in [0.3, 0.4) is 0 Å². The van der Waals surface area contributed by atoms with Crippen LogP contribution in [0.4, 0.5) is 0 Å². The highest BCUT2D eigenvalue weighted by atomic mass is 16.3. The van der Waals surface area contributed by atoms with Crippen LogP contribution in [0.5, 0.6) is 0 Å². The number of nitrogens with one attached hydrogen (secondary N) is 1. The van der Waals surface area contributed by atoms with Gasteiger partial charge in [0.05, 0.1) is 6.54 Å². The molecule has 0 saturated carbocycles. The summed E-state index contributed by atoms with van der Waals surface area (Å²) in [4.78, 5) is 11.9. The Morgan fingerprint density at radius 2 is 2.10 bits per heavy atom. The van der Waals surface area contributed by atoms with E-state index in [4.69, 9.17) is 5.73 Å². The fourth-order valence-electron chi connectivity index (χ4n) is 2.44. The lowest BCUT2D eigenvalue weighted by molar-refractivity contribution is -0.122. The molecule has 2 rings (SSSR count). The minimum absolute atomic E-state index is 0.0510. The Morgan fingerprint density at radius 1 is 1.40 bits per heavy atom. The molecule has 4 N–H and O–H groups in total. The predicted molar refractivity (Wildman–Crippen MR) is 78.9 cm³/mol. The Bertz CT molecular complexity index is 483. The zero-order chi connectivity index (χ0) is 14.6. The molecule has 3 atom stereocenters. The maximum absolute atomic E-state index is 11.9. The van der Waals surface area contributed by atoms with Gasteiger partial charge in [-0.15, -0.1) is 0 Å². The second kappa shape index (κ2) is 6.20. The molecule has 0 heterocycles. The summed E-state index contributed by atoms with van der Waals surface area (Å²) in [5.74, 6) is 0.164. The van der Waals surface area contributed by atoms with Gasteiger partial charge in [-0.05, 0) is 24.8 Å². The summed E-state index contributed by atoms with van der Waals surface area (Å²) in [6, 6.07) is 9.41. The molecule has 1 aliphatic rings. The minimum Gasteiger partial charge on any atom is -0.384 e. The van der Waals surface area contributed by atoms with Crippen LogP contribution in [-0.2, 0) is 10.4 Å². The van der Waals surface area contributed by atoms with Gasteiger partial charge in [0.1, 0.15) is 5.60 Å². The Labute approximate surface area is 119 Å². The highest BCUT2D eigenvalue weighted by molar-refractivity contribution is 5.76. The first kappa shape index (κ1) is 14.8. The first-order valence-corrected chi connectivity index (χ1v) is 6.96. The number of benzene rings is 1. The lowest BCUT2D eigenvalue weighted by atomic mass is 9.96. The monoisotopic (exact) mass is 274 g/mol. The van der Waals surface area contributed by atoms with Crippen LogP contribution >= 0.6 is 0 Å². The van der Waals surface area contributed by atoms with Crippen molar-refractivity contribution in [2.75, 3.05) is 6.54 Å². The number of carbonyl (C=O) groups is 1. The van der Waals surface area contributed by atoms with E-state index >= 15 is 0 Å². The molecular formula is C16H22N2O2. The molecule has 0 spiro atoms. The quantitative estimate of drug-likeness (QED) is 0.709. The summed E-state index contributed by atoms with van der Waals surface area (Å²) in [5.41, 5.74) is 5.50. The molecule has 1 unspecified atom stereocenters. The topological polar surface area (TPSA) is 75.3 Å². The summed E-state index contributed by atoms with van der Waals surface area (Å²) in [5, 5.41) is 13.2. The van der Waals surface area contributed by atoms with Crippen molar-refractivity contribution >= 4 is 5.91 Å². The summed E-state index contributed by atoms with van der Waals surface area (Å²) < 4.78 is 0. The van der Waals surface area contributed by atoms with Gasteiger partial charge in [-0.2, -0.15) is 0 Å². The van der Waals surface area contributed by atoms with Crippen LogP contribution in [0.25, 0.3) is 0 Å². The first-order valence-electron chi connectivity index (χ1n) is 6.96. The summed E-state index contributed by atoms with van der Waals surface area (Å²) in [6.45, 7) is 1.91. The summed E-state index contributed by atoms with van der Waals surface area (Å²) >= 11 is 0. The van der Waals surface area contributed by atoms with Crippen LogP contribution in [0, 0.1) is 5.92 Å². The maximum Gasteiger partial charge on any atom is 0.220 e. The van der Waals surface area contributed by atoms with Crippen LogP contribution in [0.2, 0.25) is 0 Å². The third-order valence-electron chi connectivity index (χ3n) is 3.68. The predicted octanol–water partition coefficient (Wildman–Crippen LogP) is 1.30. The zero-order valence-electron chi connectivity index (χ0n) is 11.8. The number of nitrogens with two attached hydrogens (primary N) is 1. The van der Waals surface area contributed by atoms with Crippen molar-refractivity contribution in [1.82, 2.24) is 5.32 Å². The molecule has 108 valence electrons. The molecule has 1 aromatic rings. The van der Waals surface area contributed by atoms with E-state index in [-0.39, 0.29) is 24.4 Å². The average Bonchev–Trinajstić information content (AvgIpc) is 2.83. The number of allylic oxidation sites excluding steroid dienone is 1. The maximum atomic E-state index is 11.9. The SMILES string of the molecule is CC(O)(CNC(=O)C[C@@H]1C=C[C@H](N)C1)c1ccccc1. The fourth-order valence-corrected chi connectivity index (χ4v) is 2.44. The average molecular weight is 274 g/mol. The smallest absolute Gasteiger partial charge is 0.220 e. The molecule has 4 heteroatoms. The molecule has 0 aliphatic heterocycles. The zero-order valence-corrected chi connectivity index (χ0v) is 11.8. The number of carbonyl (C=O) groups excluding carboxylic acids is 1. The molecule has 0 radical (unpaired) electrons. The van der Waals surface area contributed by atoms with Crippen molar-refractivity contribution in [1.29, 1.82) is 0 Å². The van der Waals surface area contributed by atoms with Crippen molar-refractivity contribution in [2.24, 2.45) is 11.7 Å². The van der Waals surface area contributed by atoms with E-state index in [2.05, 4.69) is 5.32 Å². The van der Waals surface area contributed by atoms with E-state index < -0.39 is 5.60 Å². The molecule has 1 aliphatic carbocycles. The van der Waals surface area contributed by atoms with E-state index in [1.807, 2.05) is 42.5 Å². The van der Waals surface area contributed by atoms with E-state index in [0.29, 0.717) is 6.42 Å². The highest BCUT2D eigenvalue weighted by Crippen LogP contribution is 2.21. The van der Waals surface area contributed by atoms with Gasteiger partial charge in [-0.1, -0.05) is 42.5 Å². The standard InChI is InChI=1S/C16H22N2O2/c1-16(20,13-5-3-2-4-6-13)11-18-15(19)10-12-7-8-14(17)9-12/h2-8,12,14,20H,9-11,17H2,1H3,(H,18,19)/t12-,14+,16?/m1/s1. The van der Waals surface area contributed by atoms with Crippen molar-refractivity contribution in [2.45, 2.75) is 31.4 Å². The normalized spacial score (nSPS) is 24.4. The van der Waals surface area contributed by atoms with Crippen LogP contribution in [0.15, 0.2) is 42.5 Å². The van der Waals surface area contributed by atoms with Gasteiger partial charge in [0.25, 0.3) is 0 Å². The molecule has 0 aromatic heterocycles. The van der Waals surface area contributed by atoms with Crippen molar-refractivity contribution in [3.63, 3.8) is 0 Å². The Kier molecular flexibility index (Phi) is 4.57. The summed E-state index contributed by atoms with van der Waals surface area (Å²) in [7, 11) is 0. The molecule has 1 amide bonds. The van der Waals surface area contributed by atoms with Gasteiger partial charge in [0.2, 0.25) is 5.91 Å². The third-order valence-corrected chi connectivity index (χ3v) is 3.68. The van der Waals surface area contributed by atoms with Crippen molar-refractivity contribution in [3.05, 3.63) is 48.0 Å². The molecule has 0 bridgehead atoms. The summed E-state index contributed by atoms with van der Waals surface area (Å²) in [6.07, 6.45) is 5.19. The van der Waals surface area contributed by atoms with Gasteiger partial charge in [0, 0.05) is 12.5 Å². The van der Waals surface area contributed by atoms with Gasteiger partial charge < -0.3 is 16.2 Å². The first-order chi connectivity index (χ1) is 9.47. The number of rotatable bonds is 5. The number of amides is 1. The largest absolute Gasteiger partial charge is 0.384 e. The molecule has 4 nitrogen and oxygen atoms in total. The van der Waals surface area contributed by atoms with Crippen LogP contribution in [-0.4, -0.2) is 23.6 Å². The van der Waals surface area contributed by atoms with Gasteiger partial charge in [-0.25, -0.2) is 0 Å². The number of hydrogen-bond donors (Lipinski definition) is 3. The van der Waals surface area contributed by atoms with Crippen LogP contribution in [0.1, 0.15) is 25.3 Å². The lowest BCUT2D eigenvalue weighted by Gasteiger charge is -2.24. The minimum atomic E-state index is -1.06. The molecule has 20 heavy (non-hydrogen) atoms. The van der Waals surface area contributed by atoms with E-state index in [9.17, 15) is 9.90 Å². The van der Waals surface area contributed by atoms with E-state index in [1.54, 1.807) is 6.92 Å². The molecule has 0 fully saturated rings. The highest BCUT2D eigenvalue weighted by Gasteiger charge is 2.24. The lowest BCUT2D eigenvalue weighted by Crippen LogP contribution is -2.39. The van der Waals surface area contributed by atoms with E-state index in [1.165, 1.54) is 0 Å². The fraction of sp³-hybridized carbons (Fsp3) is 0.438. The van der Waals surface area contributed by atoms with Crippen molar-refractivity contribution in [3.8, 4) is 0 Å². The Hall–Kier alpha value is -1.65. The van der Waals surface area contributed by atoms with Crippen molar-refractivity contribution < 1.29 is 9.90 Å². The van der Waals surface area contributed by atoms with E-state index in [0.717, 1.165) is 12.0 Å². The second-order valence-corrected chi connectivity index (χ2v) is 5.67. The Morgan fingerprint density at radius 3 is 2.70 bits per heavy atom. The molecular weight excluding hydrogens is 252 g/mol.